The maximum atomic E-state index is 12.4. The Kier molecular flexibility index (Phi) is 4.85. The predicted molar refractivity (Wildman–Crippen MR) is 101 cm³/mol. The lowest BCUT2D eigenvalue weighted by atomic mass is 10.1. The Morgan fingerprint density at radius 3 is 2.54 bits per heavy atom. The number of nitrogens with zero attached hydrogens (tertiary/aromatic N) is 3. The fraction of sp³-hybridized carbons (Fsp3) is 0.222. The first-order chi connectivity index (χ1) is 12.4. The van der Waals surface area contributed by atoms with Gasteiger partial charge in [0, 0.05) is 7.05 Å². The Morgan fingerprint density at radius 1 is 1.19 bits per heavy atom. The highest BCUT2D eigenvalue weighted by Gasteiger charge is 2.36. The smallest absolute Gasteiger partial charge is 0.242 e. The van der Waals surface area contributed by atoms with Crippen molar-refractivity contribution in [1.82, 2.24) is 10.1 Å². The molecule has 0 saturated carbocycles. The molecule has 2 amide bonds. The molecule has 7 nitrogen and oxygen atoms in total. The lowest BCUT2D eigenvalue weighted by Gasteiger charge is -2.32. The van der Waals surface area contributed by atoms with Crippen molar-refractivity contribution < 1.29 is 18.8 Å². The van der Waals surface area contributed by atoms with Crippen LogP contribution in [-0.2, 0) is 9.59 Å². The molecule has 1 saturated heterocycles. The van der Waals surface area contributed by atoms with E-state index in [1.807, 2.05) is 30.3 Å². The van der Waals surface area contributed by atoms with Crippen molar-refractivity contribution in [3.8, 4) is 5.75 Å². The van der Waals surface area contributed by atoms with Gasteiger partial charge < -0.3 is 9.26 Å². The van der Waals surface area contributed by atoms with Crippen molar-refractivity contribution in [2.75, 3.05) is 19.1 Å². The zero-order valence-electron chi connectivity index (χ0n) is 14.6. The summed E-state index contributed by atoms with van der Waals surface area (Å²) in [6.45, 7) is 1.72. The molecule has 0 aliphatic carbocycles. The number of methoxy groups -OCH3 is 1. The van der Waals surface area contributed by atoms with Crippen LogP contribution in [0.2, 0.25) is 0 Å². The molecule has 26 heavy (non-hydrogen) atoms. The highest BCUT2D eigenvalue weighted by atomic mass is 32.1. The minimum Gasteiger partial charge on any atom is -0.497 e. The van der Waals surface area contributed by atoms with Crippen LogP contribution >= 0.6 is 12.2 Å². The number of rotatable bonds is 4. The number of hydrogen-bond donors (Lipinski definition) is 0. The largest absolute Gasteiger partial charge is 0.497 e. The number of anilines is 1. The number of carbonyl (C=O) groups is 2. The van der Waals surface area contributed by atoms with E-state index in [2.05, 4.69) is 5.16 Å². The second-order valence-corrected chi connectivity index (χ2v) is 6.09. The summed E-state index contributed by atoms with van der Waals surface area (Å²) in [5.41, 5.74) is 1.88. The molecule has 1 fully saturated rings. The molecule has 0 spiro atoms. The summed E-state index contributed by atoms with van der Waals surface area (Å²) in [5.74, 6) is 0.413. The van der Waals surface area contributed by atoms with Crippen LogP contribution in [0.1, 0.15) is 23.4 Å². The molecule has 0 atom stereocenters. The highest BCUT2D eigenvalue weighted by molar-refractivity contribution is 7.80. The summed E-state index contributed by atoms with van der Waals surface area (Å²) in [6, 6.07) is 7.47. The lowest BCUT2D eigenvalue weighted by molar-refractivity contribution is -0.132. The van der Waals surface area contributed by atoms with Crippen LogP contribution in [0.25, 0.3) is 12.2 Å². The summed E-state index contributed by atoms with van der Waals surface area (Å²) in [6.07, 6.45) is 3.29. The summed E-state index contributed by atoms with van der Waals surface area (Å²) >= 11 is 5.28. The van der Waals surface area contributed by atoms with Gasteiger partial charge in [-0.3, -0.25) is 19.4 Å². The molecule has 1 aliphatic rings. The fourth-order valence-electron chi connectivity index (χ4n) is 2.56. The zero-order valence-corrected chi connectivity index (χ0v) is 15.4. The quantitative estimate of drug-likeness (QED) is 0.607. The fourth-order valence-corrected chi connectivity index (χ4v) is 2.86. The second kappa shape index (κ2) is 7.09. The predicted octanol–water partition coefficient (Wildman–Crippen LogP) is 2.64. The third kappa shape index (κ3) is 3.23. The second-order valence-electron chi connectivity index (χ2n) is 5.73. The van der Waals surface area contributed by atoms with E-state index in [1.165, 1.54) is 9.80 Å². The van der Waals surface area contributed by atoms with Crippen LogP contribution in [0.5, 0.6) is 5.75 Å². The lowest BCUT2D eigenvalue weighted by Crippen LogP contribution is -2.53. The third-order valence-electron chi connectivity index (χ3n) is 4.03. The number of aryl methyl sites for hydroxylation is 1. The highest BCUT2D eigenvalue weighted by Crippen LogP contribution is 2.30. The molecule has 1 aromatic heterocycles. The van der Waals surface area contributed by atoms with Crippen molar-refractivity contribution in [2.24, 2.45) is 0 Å². The maximum Gasteiger partial charge on any atom is 0.242 e. The van der Waals surface area contributed by atoms with E-state index in [9.17, 15) is 9.59 Å². The van der Waals surface area contributed by atoms with Crippen molar-refractivity contribution in [3.63, 3.8) is 0 Å². The van der Waals surface area contributed by atoms with Crippen LogP contribution in [0.3, 0.4) is 0 Å². The van der Waals surface area contributed by atoms with Gasteiger partial charge in [0.15, 0.2) is 10.9 Å². The summed E-state index contributed by atoms with van der Waals surface area (Å²) < 4.78 is 10.5. The molecule has 8 heteroatoms. The zero-order chi connectivity index (χ0) is 18.8. The minimum absolute atomic E-state index is 0.108. The molecule has 2 aromatic rings. The van der Waals surface area contributed by atoms with Gasteiger partial charge in [-0.25, -0.2) is 0 Å². The van der Waals surface area contributed by atoms with Gasteiger partial charge in [-0.15, -0.1) is 0 Å². The molecular weight excluding hydrogens is 354 g/mol. The average Bonchev–Trinajstić information content (AvgIpc) is 2.99. The van der Waals surface area contributed by atoms with Gasteiger partial charge in [0.2, 0.25) is 11.8 Å². The number of benzene rings is 1. The number of hydrogen-bond acceptors (Lipinski definition) is 6. The van der Waals surface area contributed by atoms with Crippen LogP contribution < -0.4 is 9.64 Å². The van der Waals surface area contributed by atoms with Gasteiger partial charge >= 0.3 is 0 Å². The molecule has 1 aromatic carbocycles. The van der Waals surface area contributed by atoms with E-state index in [4.69, 9.17) is 21.5 Å². The SMILES string of the molecule is COc1ccc(/C=C/c2onc(C)c2N2C(=O)CC(=O)N(C)C2=S)cc1. The topological polar surface area (TPSA) is 75.9 Å². The first-order valence-electron chi connectivity index (χ1n) is 7.84. The van der Waals surface area contributed by atoms with E-state index < -0.39 is 5.91 Å². The van der Waals surface area contributed by atoms with Gasteiger partial charge in [0.1, 0.15) is 23.6 Å². The van der Waals surface area contributed by atoms with E-state index >= 15 is 0 Å². The first kappa shape index (κ1) is 17.8. The maximum absolute atomic E-state index is 12.4. The standard InChI is InChI=1S/C18H17N3O4S/c1-11-17(21-16(23)10-15(22)20(2)18(21)26)14(25-19-11)9-6-12-4-7-13(24-3)8-5-12/h4-9H,10H2,1-3H3/b9-6+. The number of aromatic nitrogens is 1. The Balaban J connectivity index is 1.93. The van der Waals surface area contributed by atoms with E-state index in [0.717, 1.165) is 11.3 Å². The summed E-state index contributed by atoms with van der Waals surface area (Å²) in [5, 5.41) is 4.05. The molecule has 3 rings (SSSR count). The van der Waals surface area contributed by atoms with Crippen LogP contribution in [-0.4, -0.2) is 41.1 Å². The van der Waals surface area contributed by atoms with Crippen molar-refractivity contribution in [1.29, 1.82) is 0 Å². The van der Waals surface area contributed by atoms with Crippen molar-refractivity contribution >= 4 is 47.0 Å². The van der Waals surface area contributed by atoms with Gasteiger partial charge in [-0.05, 0) is 42.9 Å². The summed E-state index contributed by atoms with van der Waals surface area (Å²) in [7, 11) is 3.15. The summed E-state index contributed by atoms with van der Waals surface area (Å²) in [4.78, 5) is 26.8. The third-order valence-corrected chi connectivity index (χ3v) is 4.48. The van der Waals surface area contributed by atoms with Crippen LogP contribution in [0.15, 0.2) is 28.8 Å². The molecule has 1 aliphatic heterocycles. The number of thiocarbonyl (C=S) groups is 1. The van der Waals surface area contributed by atoms with Crippen LogP contribution in [0, 0.1) is 6.92 Å². The molecule has 0 unspecified atom stereocenters. The van der Waals surface area contributed by atoms with Crippen molar-refractivity contribution in [3.05, 3.63) is 41.3 Å². The molecule has 0 bridgehead atoms. The average molecular weight is 371 g/mol. The monoisotopic (exact) mass is 371 g/mol. The molecule has 0 radical (unpaired) electrons. The normalized spacial score (nSPS) is 15.3. The van der Waals surface area contributed by atoms with E-state index in [0.29, 0.717) is 17.1 Å². The Bertz CT molecular complexity index is 902. The van der Waals surface area contributed by atoms with Gasteiger partial charge in [0.25, 0.3) is 0 Å². The Labute approximate surface area is 155 Å². The molecule has 0 N–H and O–H groups in total. The molecular formula is C18H17N3O4S. The number of ether oxygens (including phenoxy) is 1. The number of carbonyl (C=O) groups excluding carboxylic acids is 2. The molecule has 134 valence electrons. The minimum atomic E-state index is -0.400. The Hall–Kier alpha value is -3.00. The van der Waals surface area contributed by atoms with E-state index in [1.54, 1.807) is 27.2 Å². The van der Waals surface area contributed by atoms with Gasteiger partial charge in [-0.1, -0.05) is 23.4 Å². The van der Waals surface area contributed by atoms with Gasteiger partial charge in [0.05, 0.1) is 7.11 Å². The first-order valence-corrected chi connectivity index (χ1v) is 8.25. The van der Waals surface area contributed by atoms with E-state index in [-0.39, 0.29) is 17.4 Å². The van der Waals surface area contributed by atoms with Crippen LogP contribution in [0.4, 0.5) is 5.69 Å². The Morgan fingerprint density at radius 2 is 1.88 bits per heavy atom. The van der Waals surface area contributed by atoms with Crippen molar-refractivity contribution in [2.45, 2.75) is 13.3 Å². The number of amides is 2. The van der Waals surface area contributed by atoms with Gasteiger partial charge in [-0.2, -0.15) is 0 Å². The molecule has 2 heterocycles.